The Bertz CT molecular complexity index is 900. The summed E-state index contributed by atoms with van der Waals surface area (Å²) in [4.78, 5) is 50.0. The van der Waals surface area contributed by atoms with Gasteiger partial charge in [-0.25, -0.2) is 14.4 Å². The van der Waals surface area contributed by atoms with Crippen LogP contribution in [-0.4, -0.2) is 65.4 Å². The number of halogens is 1. The first-order chi connectivity index (χ1) is 15.3. The summed E-state index contributed by atoms with van der Waals surface area (Å²) in [7, 11) is 1.16. The molecule has 2 rings (SSSR count). The Morgan fingerprint density at radius 2 is 1.97 bits per heavy atom. The van der Waals surface area contributed by atoms with Crippen LogP contribution in [0.25, 0.3) is 0 Å². The van der Waals surface area contributed by atoms with Crippen molar-refractivity contribution in [3.8, 4) is 0 Å². The van der Waals surface area contributed by atoms with Crippen LogP contribution in [0.15, 0.2) is 35.5 Å². The van der Waals surface area contributed by atoms with Gasteiger partial charge in [0, 0.05) is 12.5 Å². The number of aliphatic hydroxyl groups is 1. The maximum Gasteiger partial charge on any atom is 0.339 e. The number of carbonyl (C=O) groups is 4. The zero-order valence-electron chi connectivity index (χ0n) is 19.3. The Morgan fingerprint density at radius 3 is 2.52 bits per heavy atom. The van der Waals surface area contributed by atoms with Crippen molar-refractivity contribution in [2.75, 3.05) is 7.11 Å². The summed E-state index contributed by atoms with van der Waals surface area (Å²) in [5.41, 5.74) is -1.39. The molecule has 0 radical (unpaired) electrons. The first-order valence-electron chi connectivity index (χ1n) is 10.4. The van der Waals surface area contributed by atoms with Crippen LogP contribution >= 0.6 is 11.6 Å². The van der Waals surface area contributed by atoms with Gasteiger partial charge in [-0.15, -0.1) is 11.6 Å². The van der Waals surface area contributed by atoms with E-state index in [2.05, 4.69) is 6.58 Å². The first kappa shape index (κ1) is 26.6. The molecule has 2 unspecified atom stereocenters. The maximum absolute atomic E-state index is 12.9. The number of esters is 4. The van der Waals surface area contributed by atoms with E-state index in [0.717, 1.165) is 26.5 Å². The standard InChI is InChI=1S/C23H29ClO9/c1-11-8-7-9-15(21(27)30-6)18(31-14(4)25)19(33-22(28)23(5,29)13(3)24)17-12(2)20(26)32-16(17)10-11/h9-10,13,16-19,29H,2,7-8H2,1,3-6H3/b11-10-,15-9+/t13?,16-,17+,18+,19+,23?/m1/s1. The van der Waals surface area contributed by atoms with Crippen molar-refractivity contribution in [3.05, 3.63) is 35.5 Å². The second-order valence-electron chi connectivity index (χ2n) is 8.29. The maximum atomic E-state index is 12.9. The highest BCUT2D eigenvalue weighted by Crippen LogP contribution is 2.38. The Morgan fingerprint density at radius 1 is 1.33 bits per heavy atom. The van der Waals surface area contributed by atoms with E-state index >= 15 is 0 Å². The van der Waals surface area contributed by atoms with Gasteiger partial charge in [-0.05, 0) is 39.7 Å². The predicted molar refractivity (Wildman–Crippen MR) is 117 cm³/mol. The van der Waals surface area contributed by atoms with Crippen molar-refractivity contribution in [2.45, 2.75) is 69.8 Å². The minimum Gasteiger partial charge on any atom is -0.466 e. The van der Waals surface area contributed by atoms with Gasteiger partial charge in [-0.2, -0.15) is 0 Å². The molecule has 0 aromatic carbocycles. The van der Waals surface area contributed by atoms with E-state index in [-0.39, 0.29) is 11.1 Å². The second-order valence-corrected chi connectivity index (χ2v) is 8.94. The summed E-state index contributed by atoms with van der Waals surface area (Å²) < 4.78 is 21.4. The fraction of sp³-hybridized carbons (Fsp3) is 0.565. The van der Waals surface area contributed by atoms with Crippen LogP contribution in [-0.2, 0) is 38.1 Å². The molecule has 6 atom stereocenters. The summed E-state index contributed by atoms with van der Waals surface area (Å²) in [5, 5.41) is 9.51. The third-order valence-corrected chi connectivity index (χ3v) is 6.14. The molecule has 1 fully saturated rings. The lowest BCUT2D eigenvalue weighted by Crippen LogP contribution is -2.51. The smallest absolute Gasteiger partial charge is 0.339 e. The van der Waals surface area contributed by atoms with Gasteiger partial charge in [-0.1, -0.05) is 18.2 Å². The lowest BCUT2D eigenvalue weighted by atomic mass is 9.83. The van der Waals surface area contributed by atoms with Crippen molar-refractivity contribution in [3.63, 3.8) is 0 Å². The molecule has 182 valence electrons. The van der Waals surface area contributed by atoms with E-state index in [4.69, 9.17) is 30.5 Å². The van der Waals surface area contributed by atoms with Gasteiger partial charge < -0.3 is 24.1 Å². The Hall–Kier alpha value is -2.65. The van der Waals surface area contributed by atoms with E-state index in [1.165, 1.54) is 13.0 Å². The number of ether oxygens (including phenoxy) is 4. The molecule has 0 aromatic heterocycles. The van der Waals surface area contributed by atoms with Gasteiger partial charge in [0.05, 0.1) is 24.0 Å². The highest BCUT2D eigenvalue weighted by Gasteiger charge is 2.52. The van der Waals surface area contributed by atoms with Gasteiger partial charge in [0.1, 0.15) is 6.10 Å². The molecule has 2 aliphatic rings. The Balaban J connectivity index is 2.72. The van der Waals surface area contributed by atoms with Gasteiger partial charge in [0.15, 0.2) is 17.8 Å². The molecule has 0 saturated carbocycles. The van der Waals surface area contributed by atoms with Crippen LogP contribution in [0.3, 0.4) is 0 Å². The van der Waals surface area contributed by atoms with Gasteiger partial charge in [0.25, 0.3) is 0 Å². The molecule has 0 bridgehead atoms. The summed E-state index contributed by atoms with van der Waals surface area (Å²) >= 11 is 5.96. The molecule has 1 heterocycles. The molecule has 1 N–H and O–H groups in total. The minimum absolute atomic E-state index is 0.0395. The molecule has 0 amide bonds. The quantitative estimate of drug-likeness (QED) is 0.205. The SMILES string of the molecule is C=C1C(=O)O[C@@H]2/C=C(/C)CC/C=C(/C(=O)OC)[C@H](OC(C)=O)[C@@H](OC(=O)C(C)(O)C(C)Cl)[C@@H]12. The molecule has 33 heavy (non-hydrogen) atoms. The fourth-order valence-corrected chi connectivity index (χ4v) is 3.69. The van der Waals surface area contributed by atoms with E-state index in [9.17, 15) is 24.3 Å². The van der Waals surface area contributed by atoms with E-state index in [1.54, 1.807) is 6.08 Å². The zero-order chi connectivity index (χ0) is 25.1. The van der Waals surface area contributed by atoms with Crippen LogP contribution < -0.4 is 0 Å². The van der Waals surface area contributed by atoms with Crippen LogP contribution in [0.2, 0.25) is 0 Å². The van der Waals surface area contributed by atoms with Crippen LogP contribution in [0.4, 0.5) is 0 Å². The summed E-state index contributed by atoms with van der Waals surface area (Å²) in [5.74, 6) is -4.47. The molecular formula is C23H29ClO9. The predicted octanol–water partition coefficient (Wildman–Crippen LogP) is 2.15. The van der Waals surface area contributed by atoms with Gasteiger partial charge in [0.2, 0.25) is 0 Å². The van der Waals surface area contributed by atoms with Gasteiger partial charge >= 0.3 is 23.9 Å². The molecule has 0 aromatic rings. The number of rotatable bonds is 5. The minimum atomic E-state index is -2.13. The lowest BCUT2D eigenvalue weighted by Gasteiger charge is -2.35. The average Bonchev–Trinajstić information content (AvgIpc) is 2.99. The Labute approximate surface area is 197 Å². The van der Waals surface area contributed by atoms with Crippen molar-refractivity contribution in [1.29, 1.82) is 0 Å². The van der Waals surface area contributed by atoms with E-state index in [1.807, 2.05) is 6.92 Å². The van der Waals surface area contributed by atoms with Crippen molar-refractivity contribution >= 4 is 35.5 Å². The molecule has 0 spiro atoms. The molecule has 1 aliphatic heterocycles. The number of allylic oxidation sites excluding steroid dienone is 2. The number of hydrogen-bond donors (Lipinski definition) is 1. The zero-order valence-corrected chi connectivity index (χ0v) is 20.0. The molecule has 9 nitrogen and oxygen atoms in total. The average molecular weight is 485 g/mol. The van der Waals surface area contributed by atoms with Crippen molar-refractivity contribution < 1.29 is 43.2 Å². The second kappa shape index (κ2) is 10.5. The normalized spacial score (nSPS) is 31.4. The third kappa shape index (κ3) is 5.83. The number of methoxy groups -OCH3 is 1. The number of fused-ring (bicyclic) bond motifs is 1. The fourth-order valence-electron chi connectivity index (χ4n) is 3.60. The summed E-state index contributed by atoms with van der Waals surface area (Å²) in [6.45, 7) is 9.28. The largest absolute Gasteiger partial charge is 0.466 e. The molecule has 1 saturated heterocycles. The number of hydrogen-bond acceptors (Lipinski definition) is 9. The van der Waals surface area contributed by atoms with E-state index in [0.29, 0.717) is 12.8 Å². The van der Waals surface area contributed by atoms with Crippen LogP contribution in [0, 0.1) is 5.92 Å². The molecule has 1 aliphatic carbocycles. The third-order valence-electron chi connectivity index (χ3n) is 5.72. The Kier molecular flexibility index (Phi) is 8.48. The summed E-state index contributed by atoms with van der Waals surface area (Å²) in [6, 6.07) is 0. The topological polar surface area (TPSA) is 125 Å². The van der Waals surface area contributed by atoms with E-state index < -0.39 is 59.1 Å². The highest BCUT2D eigenvalue weighted by atomic mass is 35.5. The molecular weight excluding hydrogens is 456 g/mol. The van der Waals surface area contributed by atoms with Crippen LogP contribution in [0.5, 0.6) is 0 Å². The number of carbonyl (C=O) groups excluding carboxylic acids is 4. The monoisotopic (exact) mass is 484 g/mol. The number of alkyl halides is 1. The molecule has 10 heteroatoms. The first-order valence-corrected chi connectivity index (χ1v) is 10.8. The summed E-state index contributed by atoms with van der Waals surface area (Å²) in [6.07, 6.45) is 0.283. The highest BCUT2D eigenvalue weighted by molar-refractivity contribution is 6.22. The van der Waals surface area contributed by atoms with Crippen LogP contribution in [0.1, 0.15) is 40.5 Å². The lowest BCUT2D eigenvalue weighted by molar-refractivity contribution is -0.183. The van der Waals surface area contributed by atoms with Crippen molar-refractivity contribution in [2.24, 2.45) is 5.92 Å². The van der Waals surface area contributed by atoms with Crippen molar-refractivity contribution in [1.82, 2.24) is 0 Å². The van der Waals surface area contributed by atoms with Gasteiger partial charge in [-0.3, -0.25) is 4.79 Å².